The first-order chi connectivity index (χ1) is 17.1. The molecule has 5 aromatic rings. The van der Waals surface area contributed by atoms with Gasteiger partial charge in [0, 0.05) is 17.2 Å². The van der Waals surface area contributed by atoms with Gasteiger partial charge in [-0.15, -0.1) is 4.85 Å². The molecule has 0 spiro atoms. The molecule has 8 heteroatoms. The van der Waals surface area contributed by atoms with Gasteiger partial charge in [0.25, 0.3) is 0 Å². The van der Waals surface area contributed by atoms with Gasteiger partial charge in [0.15, 0.2) is 5.76 Å². The van der Waals surface area contributed by atoms with Crippen LogP contribution in [0.15, 0.2) is 83.4 Å². The van der Waals surface area contributed by atoms with Gasteiger partial charge < -0.3 is 14.5 Å². The van der Waals surface area contributed by atoms with Crippen LogP contribution >= 0.6 is 0 Å². The van der Waals surface area contributed by atoms with Gasteiger partial charge in [-0.25, -0.2) is 4.79 Å². The van der Waals surface area contributed by atoms with Crippen molar-refractivity contribution in [3.8, 4) is 28.3 Å². The van der Waals surface area contributed by atoms with Crippen LogP contribution in [0.2, 0.25) is 0 Å². The molecule has 0 saturated heterocycles. The fourth-order valence-corrected chi connectivity index (χ4v) is 3.84. The van der Waals surface area contributed by atoms with Crippen LogP contribution in [0, 0.1) is 5.21 Å². The van der Waals surface area contributed by atoms with Crippen LogP contribution in [-0.4, -0.2) is 27.6 Å². The van der Waals surface area contributed by atoms with E-state index in [0.717, 1.165) is 40.8 Å². The zero-order valence-electron chi connectivity index (χ0n) is 19.3. The summed E-state index contributed by atoms with van der Waals surface area (Å²) in [6, 6.07) is 23.3. The van der Waals surface area contributed by atoms with E-state index in [2.05, 4.69) is 17.3 Å². The van der Waals surface area contributed by atoms with E-state index in [1.165, 1.54) is 0 Å². The van der Waals surface area contributed by atoms with Crippen LogP contribution in [-0.2, 0) is 0 Å². The van der Waals surface area contributed by atoms with Gasteiger partial charge in [-0.2, -0.15) is 0 Å². The number of nitrogens with zero attached hydrogens (tertiary/aromatic N) is 4. The molecule has 35 heavy (non-hydrogen) atoms. The summed E-state index contributed by atoms with van der Waals surface area (Å²) >= 11 is 0. The van der Waals surface area contributed by atoms with E-state index in [4.69, 9.17) is 9.26 Å². The van der Waals surface area contributed by atoms with Crippen molar-refractivity contribution in [3.63, 3.8) is 0 Å². The number of benzene rings is 3. The highest BCUT2D eigenvalue weighted by Gasteiger charge is 2.22. The maximum absolute atomic E-state index is 12.9. The second-order valence-corrected chi connectivity index (χ2v) is 8.20. The van der Waals surface area contributed by atoms with Crippen molar-refractivity contribution in [1.29, 1.82) is 0 Å². The molecule has 0 aliphatic carbocycles. The zero-order chi connectivity index (χ0) is 24.2. The minimum absolute atomic E-state index is 0.337. The summed E-state index contributed by atoms with van der Waals surface area (Å²) in [6.45, 7) is 2.88. The van der Waals surface area contributed by atoms with Crippen molar-refractivity contribution in [2.24, 2.45) is 0 Å². The van der Waals surface area contributed by atoms with Gasteiger partial charge in [-0.1, -0.05) is 53.9 Å². The van der Waals surface area contributed by atoms with Crippen molar-refractivity contribution in [1.82, 2.24) is 15.1 Å². The van der Waals surface area contributed by atoms with Gasteiger partial charge in [0.2, 0.25) is 11.0 Å². The summed E-state index contributed by atoms with van der Waals surface area (Å²) in [7, 11) is 0. The van der Waals surface area contributed by atoms with E-state index in [1.54, 1.807) is 48.5 Å². The lowest BCUT2D eigenvalue weighted by molar-refractivity contribution is -0.645. The monoisotopic (exact) mass is 468 g/mol. The molecule has 0 unspecified atom stereocenters. The molecule has 0 amide bonds. The zero-order valence-corrected chi connectivity index (χ0v) is 19.3. The van der Waals surface area contributed by atoms with Gasteiger partial charge in [-0.05, 0) is 55.0 Å². The summed E-state index contributed by atoms with van der Waals surface area (Å²) in [5.74, 6) is 1.08. The fraction of sp³-hybridized carbons (Fsp3) is 0.185. The van der Waals surface area contributed by atoms with E-state index in [9.17, 15) is 10.0 Å². The van der Waals surface area contributed by atoms with E-state index in [1.807, 2.05) is 30.3 Å². The molecule has 0 saturated carbocycles. The maximum Gasteiger partial charge on any atom is 0.366 e. The summed E-state index contributed by atoms with van der Waals surface area (Å²) in [6.07, 6.45) is 3.37. The molecule has 3 aromatic carbocycles. The molecule has 0 bridgehead atoms. The maximum atomic E-state index is 12.9. The molecule has 176 valence electrons. The Morgan fingerprint density at radius 2 is 1.74 bits per heavy atom. The lowest BCUT2D eigenvalue weighted by Gasteiger charge is -2.05. The molecule has 0 fully saturated rings. The smallest absolute Gasteiger partial charge is 0.366 e. The van der Waals surface area contributed by atoms with E-state index < -0.39 is 0 Å². The van der Waals surface area contributed by atoms with Crippen LogP contribution < -0.4 is 9.58 Å². The van der Waals surface area contributed by atoms with Crippen molar-refractivity contribution in [3.05, 3.63) is 89.6 Å². The number of hydrogen-bond donors (Lipinski definition) is 0. The summed E-state index contributed by atoms with van der Waals surface area (Å²) in [4.78, 5) is 13.4. The Morgan fingerprint density at radius 1 is 1.00 bits per heavy atom. The lowest BCUT2D eigenvalue weighted by atomic mass is 10.1. The number of rotatable bonds is 8. The van der Waals surface area contributed by atoms with E-state index in [0.29, 0.717) is 39.5 Å². The molecule has 0 N–H and O–H groups in total. The van der Waals surface area contributed by atoms with Crippen molar-refractivity contribution in [2.45, 2.75) is 26.2 Å². The van der Waals surface area contributed by atoms with Gasteiger partial charge >= 0.3 is 5.91 Å². The third-order valence-corrected chi connectivity index (χ3v) is 5.77. The number of carbonyl (C=O) groups is 1. The Bertz CT molecular complexity index is 1450. The number of aromatic nitrogens is 4. The van der Waals surface area contributed by atoms with E-state index >= 15 is 0 Å². The number of ether oxygens (including phenoxy) is 1. The molecule has 0 radical (unpaired) electrons. The highest BCUT2D eigenvalue weighted by atomic mass is 16.5. The van der Waals surface area contributed by atoms with E-state index in [-0.39, 0.29) is 5.91 Å². The first kappa shape index (κ1) is 22.3. The third-order valence-electron chi connectivity index (χ3n) is 5.77. The molecular weight excluding hydrogens is 444 g/mol. The standard InChI is InChI=1S/C27H24N4O4/c1-2-3-6-17-34-22-15-13-20(14-16-22)26-18-23(28-35-26)19-9-11-21(12-10-19)27(32)30-24-7-4-5-8-25(24)31(33)29-30/h4-5,7-16,18H,2-3,6,17H2,1H3. The van der Waals surface area contributed by atoms with Crippen molar-refractivity contribution < 1.29 is 18.9 Å². The largest absolute Gasteiger partial charge is 0.691 e. The number of fused-ring (bicyclic) bond motifs is 1. The average molecular weight is 469 g/mol. The van der Waals surface area contributed by atoms with Gasteiger partial charge in [-0.3, -0.25) is 0 Å². The second kappa shape index (κ2) is 9.80. The number of hydrogen-bond acceptors (Lipinski definition) is 6. The number of carbonyl (C=O) groups excluding carboxylic acids is 1. The number of unbranched alkanes of at least 4 members (excludes halogenated alkanes) is 2. The number of para-hydroxylation sites is 2. The highest BCUT2D eigenvalue weighted by Crippen LogP contribution is 2.28. The van der Waals surface area contributed by atoms with Crippen LogP contribution in [0.4, 0.5) is 0 Å². The Balaban J connectivity index is 1.30. The summed E-state index contributed by atoms with van der Waals surface area (Å²) in [5.41, 5.74) is 3.55. The molecular formula is C27H24N4O4. The predicted octanol–water partition coefficient (Wildman–Crippen LogP) is 5.25. The topological polar surface area (TPSA) is 97.1 Å². The highest BCUT2D eigenvalue weighted by molar-refractivity contribution is 5.99. The molecule has 0 atom stereocenters. The first-order valence-electron chi connectivity index (χ1n) is 11.6. The van der Waals surface area contributed by atoms with Crippen molar-refractivity contribution >= 4 is 16.9 Å². The Morgan fingerprint density at radius 3 is 2.51 bits per heavy atom. The molecule has 2 heterocycles. The first-order valence-corrected chi connectivity index (χ1v) is 11.6. The fourth-order valence-electron chi connectivity index (χ4n) is 3.84. The van der Waals surface area contributed by atoms with Crippen LogP contribution in [0.1, 0.15) is 36.5 Å². The van der Waals surface area contributed by atoms with Crippen LogP contribution in [0.3, 0.4) is 0 Å². The van der Waals surface area contributed by atoms with Gasteiger partial charge in [0.1, 0.15) is 16.7 Å². The van der Waals surface area contributed by atoms with Crippen LogP contribution in [0.5, 0.6) is 5.75 Å². The van der Waals surface area contributed by atoms with Gasteiger partial charge in [0.05, 0.1) is 12.2 Å². The lowest BCUT2D eigenvalue weighted by Crippen LogP contribution is -2.31. The molecule has 0 aliphatic rings. The molecule has 0 aliphatic heterocycles. The summed E-state index contributed by atoms with van der Waals surface area (Å²) in [5, 5.41) is 20.0. The third kappa shape index (κ3) is 4.63. The molecule has 2 aromatic heterocycles. The minimum Gasteiger partial charge on any atom is -0.691 e. The normalized spacial score (nSPS) is 11.1. The Hall–Kier alpha value is -4.46. The second-order valence-electron chi connectivity index (χ2n) is 8.20. The minimum atomic E-state index is -0.389. The summed E-state index contributed by atoms with van der Waals surface area (Å²) < 4.78 is 12.4. The SMILES string of the molecule is CCCCCOc1ccc(-c2cc(-c3ccc(C(=O)n4n[n+]([O-])c5ccccc54)cc3)no2)cc1. The average Bonchev–Trinajstić information content (AvgIpc) is 3.52. The Kier molecular flexibility index (Phi) is 6.26. The van der Waals surface area contributed by atoms with Crippen LogP contribution in [0.25, 0.3) is 33.6 Å². The molecule has 8 nitrogen and oxygen atoms in total. The Labute approximate surface area is 201 Å². The quantitative estimate of drug-likeness (QED) is 0.175. The van der Waals surface area contributed by atoms with Crippen molar-refractivity contribution in [2.75, 3.05) is 6.61 Å². The predicted molar refractivity (Wildman–Crippen MR) is 131 cm³/mol. The molecule has 5 rings (SSSR count).